The van der Waals surface area contributed by atoms with E-state index in [1.165, 1.54) is 43.5 Å². The Morgan fingerprint density at radius 1 is 1.09 bits per heavy atom. The molecule has 0 aliphatic heterocycles. The van der Waals surface area contributed by atoms with Crippen LogP contribution in [0.1, 0.15) is 32.0 Å². The van der Waals surface area contributed by atoms with Gasteiger partial charge in [0.2, 0.25) is 5.91 Å². The fraction of sp³-hybridized carbons (Fsp3) is 0.250. The SMILES string of the molecule is CCS(=O)(=O)c1ccc(CC(=O)Nc2cc(F)c(OC(C)(C)c3ncc(Cl)cc3Cl)c(F)c2)cc1. The number of hydrogen-bond donors (Lipinski definition) is 1. The summed E-state index contributed by atoms with van der Waals surface area (Å²) in [5.74, 6) is -3.31. The maximum Gasteiger partial charge on any atom is 0.228 e. The third kappa shape index (κ3) is 6.48. The van der Waals surface area contributed by atoms with Gasteiger partial charge in [0.25, 0.3) is 0 Å². The van der Waals surface area contributed by atoms with Crippen LogP contribution >= 0.6 is 23.2 Å². The van der Waals surface area contributed by atoms with Gasteiger partial charge in [-0.1, -0.05) is 42.3 Å². The number of hydrogen-bond acceptors (Lipinski definition) is 5. The van der Waals surface area contributed by atoms with Crippen LogP contribution < -0.4 is 10.1 Å². The molecule has 0 aliphatic rings. The molecule has 0 saturated carbocycles. The van der Waals surface area contributed by atoms with Crippen LogP contribution in [0.25, 0.3) is 0 Å². The highest BCUT2D eigenvalue weighted by Crippen LogP contribution is 2.35. The highest BCUT2D eigenvalue weighted by molar-refractivity contribution is 7.91. The van der Waals surface area contributed by atoms with Gasteiger partial charge >= 0.3 is 0 Å². The molecule has 0 spiro atoms. The molecule has 0 atom stereocenters. The van der Waals surface area contributed by atoms with Gasteiger partial charge in [0.1, 0.15) is 11.3 Å². The number of halogens is 4. The third-order valence-corrected chi connectivity index (χ3v) is 7.29. The number of ether oxygens (including phenoxy) is 1. The number of carbonyl (C=O) groups excluding carboxylic acids is 1. The van der Waals surface area contributed by atoms with Crippen molar-refractivity contribution >= 4 is 44.6 Å². The largest absolute Gasteiger partial charge is 0.475 e. The van der Waals surface area contributed by atoms with E-state index in [1.54, 1.807) is 13.8 Å². The van der Waals surface area contributed by atoms with Crippen LogP contribution in [0.15, 0.2) is 53.6 Å². The van der Waals surface area contributed by atoms with Gasteiger partial charge in [0.05, 0.1) is 27.1 Å². The molecular weight excluding hydrogens is 521 g/mol. The first-order chi connectivity index (χ1) is 16.3. The van der Waals surface area contributed by atoms with E-state index in [2.05, 4.69) is 10.3 Å². The fourth-order valence-electron chi connectivity index (χ4n) is 3.26. The molecule has 1 amide bonds. The van der Waals surface area contributed by atoms with E-state index in [9.17, 15) is 22.0 Å². The molecule has 0 fully saturated rings. The lowest BCUT2D eigenvalue weighted by Gasteiger charge is -2.27. The first kappa shape index (κ1) is 26.8. The van der Waals surface area contributed by atoms with Gasteiger partial charge < -0.3 is 10.1 Å². The minimum Gasteiger partial charge on any atom is -0.475 e. The second kappa shape index (κ2) is 10.5. The zero-order valence-corrected chi connectivity index (χ0v) is 21.4. The summed E-state index contributed by atoms with van der Waals surface area (Å²) in [4.78, 5) is 16.6. The summed E-state index contributed by atoms with van der Waals surface area (Å²) >= 11 is 12.0. The summed E-state index contributed by atoms with van der Waals surface area (Å²) < 4.78 is 58.8. The number of amides is 1. The molecule has 3 aromatic rings. The fourth-order valence-corrected chi connectivity index (χ4v) is 4.75. The Balaban J connectivity index is 1.73. The van der Waals surface area contributed by atoms with Gasteiger partial charge in [-0.15, -0.1) is 0 Å². The molecule has 6 nitrogen and oxygen atoms in total. The summed E-state index contributed by atoms with van der Waals surface area (Å²) in [5, 5.41) is 2.90. The molecule has 2 aromatic carbocycles. The van der Waals surface area contributed by atoms with E-state index in [1.807, 2.05) is 0 Å². The van der Waals surface area contributed by atoms with Crippen molar-refractivity contribution in [2.75, 3.05) is 11.1 Å². The molecule has 186 valence electrons. The maximum absolute atomic E-state index is 14.7. The van der Waals surface area contributed by atoms with Crippen molar-refractivity contribution in [2.45, 2.75) is 37.7 Å². The minimum absolute atomic E-state index is 0.0376. The lowest BCUT2D eigenvalue weighted by atomic mass is 10.0. The monoisotopic (exact) mass is 542 g/mol. The van der Waals surface area contributed by atoms with Gasteiger partial charge in [-0.2, -0.15) is 0 Å². The number of aromatic nitrogens is 1. The summed E-state index contributed by atoms with van der Waals surface area (Å²) in [6.45, 7) is 4.62. The number of sulfone groups is 1. The van der Waals surface area contributed by atoms with Crippen molar-refractivity contribution in [3.8, 4) is 5.75 Å². The number of nitrogens with zero attached hydrogens (tertiary/aromatic N) is 1. The predicted molar refractivity (Wildman–Crippen MR) is 131 cm³/mol. The maximum atomic E-state index is 14.7. The predicted octanol–water partition coefficient (Wildman–Crippen LogP) is 5.96. The normalized spacial score (nSPS) is 11.9. The molecule has 11 heteroatoms. The van der Waals surface area contributed by atoms with E-state index in [0.29, 0.717) is 10.6 Å². The van der Waals surface area contributed by atoms with Crippen molar-refractivity contribution in [3.63, 3.8) is 0 Å². The number of pyridine rings is 1. The Labute approximate surface area is 212 Å². The first-order valence-corrected chi connectivity index (χ1v) is 12.8. The number of carbonyl (C=O) groups is 1. The minimum atomic E-state index is -3.35. The van der Waals surface area contributed by atoms with Crippen LogP contribution in [0.4, 0.5) is 14.5 Å². The Morgan fingerprint density at radius 3 is 2.23 bits per heavy atom. The molecule has 0 unspecified atom stereocenters. The standard InChI is InChI=1S/C24H22Cl2F2N2O4S/c1-4-35(32,33)17-7-5-14(6-8-17)9-21(31)30-16-11-19(27)22(20(28)12-16)34-24(2,3)23-18(26)10-15(25)13-29-23/h5-8,10-13H,4,9H2,1-3H3,(H,30,31). The van der Waals surface area contributed by atoms with Crippen molar-refractivity contribution in [2.24, 2.45) is 0 Å². The zero-order chi connectivity index (χ0) is 26.0. The summed E-state index contributed by atoms with van der Waals surface area (Å²) in [6, 6.07) is 9.15. The van der Waals surface area contributed by atoms with E-state index in [-0.39, 0.29) is 33.5 Å². The molecule has 1 heterocycles. The topological polar surface area (TPSA) is 85.4 Å². The molecule has 0 aliphatic carbocycles. The lowest BCUT2D eigenvalue weighted by Crippen LogP contribution is -2.28. The molecule has 0 saturated heterocycles. The van der Waals surface area contributed by atoms with Crippen LogP contribution in [0.3, 0.4) is 0 Å². The summed E-state index contributed by atoms with van der Waals surface area (Å²) in [5.41, 5.74) is -0.640. The molecule has 35 heavy (non-hydrogen) atoms. The second-order valence-electron chi connectivity index (χ2n) is 8.14. The molecule has 3 rings (SSSR count). The Kier molecular flexibility index (Phi) is 8.03. The van der Waals surface area contributed by atoms with Crippen molar-refractivity contribution in [1.82, 2.24) is 4.98 Å². The number of benzene rings is 2. The van der Waals surface area contributed by atoms with Crippen molar-refractivity contribution in [3.05, 3.63) is 81.6 Å². The van der Waals surface area contributed by atoms with E-state index in [4.69, 9.17) is 27.9 Å². The van der Waals surface area contributed by atoms with Crippen LogP contribution in [0, 0.1) is 11.6 Å². The van der Waals surface area contributed by atoms with E-state index in [0.717, 1.165) is 12.1 Å². The van der Waals surface area contributed by atoms with Gasteiger partial charge in [-0.05, 0) is 37.6 Å². The average molecular weight is 543 g/mol. The van der Waals surface area contributed by atoms with Crippen LogP contribution in [-0.4, -0.2) is 25.1 Å². The Bertz CT molecular complexity index is 1340. The lowest BCUT2D eigenvalue weighted by molar-refractivity contribution is -0.115. The van der Waals surface area contributed by atoms with Gasteiger partial charge in [-0.3, -0.25) is 9.78 Å². The van der Waals surface area contributed by atoms with Crippen LogP contribution in [0.5, 0.6) is 5.75 Å². The van der Waals surface area contributed by atoms with E-state index >= 15 is 0 Å². The summed E-state index contributed by atoms with van der Waals surface area (Å²) in [6.07, 6.45) is 1.22. The van der Waals surface area contributed by atoms with Crippen LogP contribution in [-0.2, 0) is 26.7 Å². The smallest absolute Gasteiger partial charge is 0.228 e. The first-order valence-electron chi connectivity index (χ1n) is 10.4. The third-order valence-electron chi connectivity index (χ3n) is 5.04. The highest BCUT2D eigenvalue weighted by Gasteiger charge is 2.30. The molecule has 1 aromatic heterocycles. The van der Waals surface area contributed by atoms with Crippen molar-refractivity contribution in [1.29, 1.82) is 0 Å². The average Bonchev–Trinajstić information content (AvgIpc) is 2.76. The Hall–Kier alpha value is -2.75. The number of nitrogens with one attached hydrogen (secondary N) is 1. The van der Waals surface area contributed by atoms with Crippen LogP contribution in [0.2, 0.25) is 10.0 Å². The molecular formula is C24H22Cl2F2N2O4S. The molecule has 0 bridgehead atoms. The number of anilines is 1. The number of rotatable bonds is 8. The molecule has 1 N–H and O–H groups in total. The molecule has 0 radical (unpaired) electrons. The quantitative estimate of drug-likeness (QED) is 0.379. The van der Waals surface area contributed by atoms with E-state index < -0.39 is 38.7 Å². The van der Waals surface area contributed by atoms with Gasteiger partial charge in [-0.25, -0.2) is 17.2 Å². The van der Waals surface area contributed by atoms with Gasteiger partial charge in [0, 0.05) is 24.0 Å². The van der Waals surface area contributed by atoms with Crippen molar-refractivity contribution < 1.29 is 26.7 Å². The second-order valence-corrected chi connectivity index (χ2v) is 11.3. The highest BCUT2D eigenvalue weighted by atomic mass is 35.5. The van der Waals surface area contributed by atoms with Gasteiger partial charge in [0.15, 0.2) is 27.2 Å². The summed E-state index contributed by atoms with van der Waals surface area (Å²) in [7, 11) is -3.35. The Morgan fingerprint density at radius 2 is 1.69 bits per heavy atom. The zero-order valence-electron chi connectivity index (χ0n) is 19.0.